The Morgan fingerprint density at radius 2 is 1.84 bits per heavy atom. The Hall–Kier alpha value is -1.50. The molecule has 3 radical (unpaired) electrons. The summed E-state index contributed by atoms with van der Waals surface area (Å²) >= 11 is 0. The molecule has 95 valence electrons. The molecule has 0 amide bonds. The van der Waals surface area contributed by atoms with Crippen LogP contribution in [0, 0.1) is 13.0 Å². The van der Waals surface area contributed by atoms with E-state index in [2.05, 4.69) is 23.2 Å². The predicted octanol–water partition coefficient (Wildman–Crippen LogP) is 3.95. The minimum Gasteiger partial charge on any atom is -0.301 e. The molecule has 0 aliphatic rings. The maximum absolute atomic E-state index is 5.72. The van der Waals surface area contributed by atoms with Gasteiger partial charge in [0, 0.05) is 25.8 Å². The Kier molecular flexibility index (Phi) is 4.47. The van der Waals surface area contributed by atoms with Gasteiger partial charge in [0.1, 0.15) is 0 Å². The molecule has 0 unspecified atom stereocenters. The number of hydrogen-bond acceptors (Lipinski definition) is 1. The fourth-order valence-electron chi connectivity index (χ4n) is 2.10. The van der Waals surface area contributed by atoms with Crippen LogP contribution in [0.15, 0.2) is 54.6 Å². The van der Waals surface area contributed by atoms with E-state index < -0.39 is 0 Å². The van der Waals surface area contributed by atoms with Crippen LogP contribution in [0.4, 0.5) is 0 Å². The van der Waals surface area contributed by atoms with E-state index in [4.69, 9.17) is 6.92 Å². The molecule has 0 saturated heterocycles. The van der Waals surface area contributed by atoms with Gasteiger partial charge in [-0.25, -0.2) is 0 Å². The van der Waals surface area contributed by atoms with E-state index in [1.54, 1.807) is 0 Å². The van der Waals surface area contributed by atoms with Gasteiger partial charge in [0.25, 0.3) is 0 Å². The normalized spacial score (nSPS) is 10.2. The summed E-state index contributed by atoms with van der Waals surface area (Å²) in [6, 6.07) is 21.4. The average molecular weight is 423 g/mol. The Morgan fingerprint density at radius 3 is 2.58 bits per heavy atom. The molecule has 2 aromatic carbocycles. The van der Waals surface area contributed by atoms with Gasteiger partial charge in [-0.1, -0.05) is 24.3 Å². The predicted molar refractivity (Wildman–Crippen MR) is 74.0 cm³/mol. The zero-order chi connectivity index (χ0) is 12.4. The molecule has 1 heterocycles. The van der Waals surface area contributed by atoms with Crippen molar-refractivity contribution in [1.82, 2.24) is 4.98 Å². The largest absolute Gasteiger partial charge is 0.301 e. The number of nitrogens with zero attached hydrogens (tertiary/aromatic N) is 1. The monoisotopic (exact) mass is 423 g/mol. The van der Waals surface area contributed by atoms with Gasteiger partial charge in [0.05, 0.1) is 0 Å². The summed E-state index contributed by atoms with van der Waals surface area (Å²) in [6.07, 6.45) is 0.449. The quantitative estimate of drug-likeness (QED) is 0.570. The zero-order valence-electron chi connectivity index (χ0n) is 10.3. The van der Waals surface area contributed by atoms with Gasteiger partial charge in [0.15, 0.2) is 0 Å². The molecule has 0 spiro atoms. The molecule has 3 rings (SSSR count). The smallest absolute Gasteiger partial charge is 0.0306 e. The Bertz CT molecular complexity index is 677. The summed E-state index contributed by atoms with van der Waals surface area (Å²) in [6.45, 7) is 5.72. The van der Waals surface area contributed by atoms with Crippen LogP contribution in [0.25, 0.3) is 22.0 Å². The molecule has 19 heavy (non-hydrogen) atoms. The topological polar surface area (TPSA) is 12.9 Å². The molecule has 1 aromatic heterocycles. The molecule has 3 aromatic rings. The summed E-state index contributed by atoms with van der Waals surface area (Å²) in [5, 5.41) is 2.30. The van der Waals surface area contributed by atoms with Crippen LogP contribution in [0.1, 0.15) is 5.69 Å². The summed E-state index contributed by atoms with van der Waals surface area (Å²) in [7, 11) is 0. The molecule has 0 aliphatic carbocycles. The number of benzene rings is 2. The van der Waals surface area contributed by atoms with Crippen LogP contribution in [-0.4, -0.2) is 4.98 Å². The van der Waals surface area contributed by atoms with Crippen LogP contribution >= 0.6 is 0 Å². The molecule has 0 atom stereocenters. The van der Waals surface area contributed by atoms with Crippen LogP contribution in [0.5, 0.6) is 0 Å². The van der Waals surface area contributed by atoms with Crippen molar-refractivity contribution in [1.29, 1.82) is 0 Å². The number of rotatable bonds is 2. The Balaban J connectivity index is 0.00000133. The molecule has 0 saturated carbocycles. The summed E-state index contributed by atoms with van der Waals surface area (Å²) in [4.78, 5) is 4.63. The van der Waals surface area contributed by atoms with Gasteiger partial charge in [-0.05, 0) is 35.9 Å². The Morgan fingerprint density at radius 1 is 1.05 bits per heavy atom. The Labute approximate surface area is 127 Å². The zero-order valence-corrected chi connectivity index (χ0v) is 12.7. The second kappa shape index (κ2) is 6.10. The molecule has 0 aliphatic heterocycles. The van der Waals surface area contributed by atoms with Crippen LogP contribution in [0.2, 0.25) is 0 Å². The first kappa shape index (κ1) is 13.9. The van der Waals surface area contributed by atoms with Crippen molar-refractivity contribution < 1.29 is 20.1 Å². The van der Waals surface area contributed by atoms with Crippen molar-refractivity contribution in [3.8, 4) is 11.3 Å². The van der Waals surface area contributed by atoms with E-state index in [9.17, 15) is 0 Å². The van der Waals surface area contributed by atoms with Crippen LogP contribution in [0.3, 0.4) is 0 Å². The first-order chi connectivity index (χ1) is 8.88. The third-order valence-electron chi connectivity index (χ3n) is 2.97. The van der Waals surface area contributed by atoms with E-state index in [-0.39, 0.29) is 20.1 Å². The van der Waals surface area contributed by atoms with E-state index >= 15 is 0 Å². The summed E-state index contributed by atoms with van der Waals surface area (Å²) in [5.74, 6) is 0. The number of fused-ring (bicyclic) bond motifs is 1. The van der Waals surface area contributed by atoms with Gasteiger partial charge in [-0.3, -0.25) is 0 Å². The minimum absolute atomic E-state index is 0. The molecule has 0 fully saturated rings. The van der Waals surface area contributed by atoms with Crippen LogP contribution in [-0.2, 0) is 26.5 Å². The molecule has 1 nitrogen and oxygen atoms in total. The van der Waals surface area contributed by atoms with Crippen LogP contribution < -0.4 is 0 Å². The van der Waals surface area contributed by atoms with Crippen molar-refractivity contribution in [2.45, 2.75) is 6.42 Å². The van der Waals surface area contributed by atoms with Gasteiger partial charge in [-0.2, -0.15) is 0 Å². The first-order valence-electron chi connectivity index (χ1n) is 5.94. The van der Waals surface area contributed by atoms with E-state index in [1.165, 1.54) is 5.39 Å². The van der Waals surface area contributed by atoms with E-state index in [1.807, 2.05) is 42.5 Å². The van der Waals surface area contributed by atoms with Crippen molar-refractivity contribution in [2.24, 2.45) is 0 Å². The standard InChI is InChI=1S/C17H12N.Ir/c1-2-15-12-14-10-6-7-11-16(14)17(18-15)13-8-4-3-5-9-13;/h1,3-8,10-12H,2H2;/q-1;. The average Bonchev–Trinajstić information content (AvgIpc) is 2.47. The van der Waals surface area contributed by atoms with E-state index in [0.717, 1.165) is 22.3 Å². The van der Waals surface area contributed by atoms with Gasteiger partial charge in [0.2, 0.25) is 0 Å². The number of aromatic nitrogens is 1. The van der Waals surface area contributed by atoms with Crippen molar-refractivity contribution in [3.63, 3.8) is 0 Å². The molecular formula is C17H12IrN-. The fraction of sp³-hybridized carbons (Fsp3) is 0.0588. The minimum atomic E-state index is 0. The number of pyridine rings is 1. The molecular weight excluding hydrogens is 410 g/mol. The maximum atomic E-state index is 5.72. The second-order valence-corrected chi connectivity index (χ2v) is 4.16. The number of hydrogen-bond donors (Lipinski definition) is 0. The molecule has 0 N–H and O–H groups in total. The van der Waals surface area contributed by atoms with E-state index in [0.29, 0.717) is 6.42 Å². The maximum Gasteiger partial charge on any atom is 0.0306 e. The van der Waals surface area contributed by atoms with Crippen molar-refractivity contribution in [3.05, 3.63) is 73.3 Å². The third kappa shape index (κ3) is 2.75. The van der Waals surface area contributed by atoms with Gasteiger partial charge in [-0.15, -0.1) is 35.9 Å². The van der Waals surface area contributed by atoms with Gasteiger partial charge < -0.3 is 4.98 Å². The summed E-state index contributed by atoms with van der Waals surface area (Å²) in [5.41, 5.74) is 2.86. The molecule has 2 heteroatoms. The first-order valence-corrected chi connectivity index (χ1v) is 5.94. The summed E-state index contributed by atoms with van der Waals surface area (Å²) < 4.78 is 0. The SMILES string of the molecule is [CH]Cc1cc2ccccc2c(-c2[c-]cccc2)n1.[Ir]. The molecule has 0 bridgehead atoms. The third-order valence-corrected chi connectivity index (χ3v) is 2.97. The second-order valence-electron chi connectivity index (χ2n) is 4.16. The van der Waals surface area contributed by atoms with Gasteiger partial charge >= 0.3 is 0 Å². The fourth-order valence-corrected chi connectivity index (χ4v) is 2.10. The van der Waals surface area contributed by atoms with Crippen molar-refractivity contribution in [2.75, 3.05) is 0 Å². The van der Waals surface area contributed by atoms with Crippen molar-refractivity contribution >= 4 is 10.8 Å².